The lowest BCUT2D eigenvalue weighted by Gasteiger charge is -2.17. The van der Waals surface area contributed by atoms with Crippen LogP contribution < -0.4 is 0 Å². The summed E-state index contributed by atoms with van der Waals surface area (Å²) in [4.78, 5) is 11.6. The molecule has 0 aromatic carbocycles. The Hall–Kier alpha value is -1.25. The number of hydrogen-bond acceptors (Lipinski definition) is 3. The first-order chi connectivity index (χ1) is 6.66. The summed E-state index contributed by atoms with van der Waals surface area (Å²) in [5, 5.41) is 0. The summed E-state index contributed by atoms with van der Waals surface area (Å²) < 4.78 is 9.97. The van der Waals surface area contributed by atoms with E-state index in [0.29, 0.717) is 6.61 Å². The smallest absolute Gasteiger partial charge is 0.313 e. The van der Waals surface area contributed by atoms with Gasteiger partial charge in [0.2, 0.25) is 0 Å². The second-order valence-electron chi connectivity index (χ2n) is 3.53. The van der Waals surface area contributed by atoms with Gasteiger partial charge in [-0.15, -0.1) is 0 Å². The van der Waals surface area contributed by atoms with E-state index in [1.165, 1.54) is 0 Å². The molecule has 3 heteroatoms. The van der Waals surface area contributed by atoms with Crippen LogP contribution in [0, 0.1) is 5.92 Å². The molecule has 3 nitrogen and oxygen atoms in total. The molecule has 0 saturated carbocycles. The molecule has 0 bridgehead atoms. The van der Waals surface area contributed by atoms with Crippen LogP contribution in [0.2, 0.25) is 0 Å². The lowest BCUT2D eigenvalue weighted by molar-refractivity contribution is -0.146. The average Bonchev–Trinajstić information content (AvgIpc) is 2.57. The van der Waals surface area contributed by atoms with Crippen molar-refractivity contribution in [2.24, 2.45) is 5.92 Å². The molecule has 0 spiro atoms. The molecule has 1 heterocycles. The van der Waals surface area contributed by atoms with Gasteiger partial charge in [-0.25, -0.2) is 0 Å². The Bertz CT molecular complexity index is 275. The van der Waals surface area contributed by atoms with Crippen LogP contribution in [-0.2, 0) is 9.53 Å². The number of furan rings is 1. The zero-order chi connectivity index (χ0) is 10.6. The molecule has 0 radical (unpaired) electrons. The molecule has 1 aromatic heterocycles. The van der Waals surface area contributed by atoms with E-state index < -0.39 is 0 Å². The van der Waals surface area contributed by atoms with Gasteiger partial charge < -0.3 is 9.15 Å². The number of ether oxygens (including phenoxy) is 1. The van der Waals surface area contributed by atoms with Gasteiger partial charge in [-0.05, 0) is 18.9 Å². The van der Waals surface area contributed by atoms with Crippen LogP contribution in [-0.4, -0.2) is 12.6 Å². The third-order valence-corrected chi connectivity index (χ3v) is 2.11. The van der Waals surface area contributed by atoms with E-state index in [4.69, 9.17) is 9.15 Å². The van der Waals surface area contributed by atoms with Crippen LogP contribution in [0.3, 0.4) is 0 Å². The Labute approximate surface area is 84.1 Å². The Morgan fingerprint density at radius 3 is 2.71 bits per heavy atom. The van der Waals surface area contributed by atoms with Gasteiger partial charge in [-0.2, -0.15) is 0 Å². The third kappa shape index (κ3) is 2.37. The largest absolute Gasteiger partial charge is 0.472 e. The number of esters is 1. The minimum Gasteiger partial charge on any atom is -0.472 e. The van der Waals surface area contributed by atoms with Crippen molar-refractivity contribution in [3.05, 3.63) is 24.2 Å². The summed E-state index contributed by atoms with van der Waals surface area (Å²) in [6.07, 6.45) is 3.17. The molecule has 1 atom stereocenters. The molecule has 0 N–H and O–H groups in total. The minimum absolute atomic E-state index is 0.177. The summed E-state index contributed by atoms with van der Waals surface area (Å²) in [5.41, 5.74) is 0.887. The van der Waals surface area contributed by atoms with Gasteiger partial charge in [0.25, 0.3) is 0 Å². The number of hydrogen-bond donors (Lipinski definition) is 0. The van der Waals surface area contributed by atoms with Crippen molar-refractivity contribution in [1.82, 2.24) is 0 Å². The molecular formula is C11H16O3. The standard InChI is InChI=1S/C11H16O3/c1-4-14-11(12)10(8(2)3)9-5-6-13-7-9/h5-8,10H,4H2,1-3H3. The van der Waals surface area contributed by atoms with E-state index in [9.17, 15) is 4.79 Å². The quantitative estimate of drug-likeness (QED) is 0.695. The summed E-state index contributed by atoms with van der Waals surface area (Å²) >= 11 is 0. The first-order valence-corrected chi connectivity index (χ1v) is 4.85. The predicted octanol–water partition coefficient (Wildman–Crippen LogP) is 2.58. The molecule has 78 valence electrons. The van der Waals surface area contributed by atoms with Crippen molar-refractivity contribution in [2.75, 3.05) is 6.61 Å². The van der Waals surface area contributed by atoms with Crippen molar-refractivity contribution >= 4 is 5.97 Å². The van der Waals surface area contributed by atoms with Gasteiger partial charge in [0, 0.05) is 5.56 Å². The number of rotatable bonds is 4. The van der Waals surface area contributed by atoms with Crippen molar-refractivity contribution in [1.29, 1.82) is 0 Å². The van der Waals surface area contributed by atoms with Gasteiger partial charge in [0.15, 0.2) is 0 Å². The molecule has 0 aliphatic rings. The highest BCUT2D eigenvalue weighted by molar-refractivity contribution is 5.78. The third-order valence-electron chi connectivity index (χ3n) is 2.11. The van der Waals surface area contributed by atoms with E-state index in [0.717, 1.165) is 5.56 Å². The molecule has 1 unspecified atom stereocenters. The van der Waals surface area contributed by atoms with Gasteiger partial charge in [-0.3, -0.25) is 4.79 Å². The summed E-state index contributed by atoms with van der Waals surface area (Å²) in [6.45, 7) is 6.22. The van der Waals surface area contributed by atoms with Crippen LogP contribution >= 0.6 is 0 Å². The van der Waals surface area contributed by atoms with Crippen LogP contribution in [0.15, 0.2) is 23.0 Å². The SMILES string of the molecule is CCOC(=O)C(c1ccoc1)C(C)C. The highest BCUT2D eigenvalue weighted by atomic mass is 16.5. The lowest BCUT2D eigenvalue weighted by Crippen LogP contribution is -2.20. The zero-order valence-electron chi connectivity index (χ0n) is 8.82. The monoisotopic (exact) mass is 196 g/mol. The summed E-state index contributed by atoms with van der Waals surface area (Å²) in [5.74, 6) is -0.177. The Balaban J connectivity index is 2.80. The maximum absolute atomic E-state index is 11.6. The van der Waals surface area contributed by atoms with Crippen molar-refractivity contribution in [2.45, 2.75) is 26.7 Å². The van der Waals surface area contributed by atoms with Crippen molar-refractivity contribution in [3.63, 3.8) is 0 Å². The van der Waals surface area contributed by atoms with E-state index in [1.54, 1.807) is 12.5 Å². The molecule has 0 aliphatic heterocycles. The first-order valence-electron chi connectivity index (χ1n) is 4.85. The molecule has 0 aliphatic carbocycles. The average molecular weight is 196 g/mol. The highest BCUT2D eigenvalue weighted by Gasteiger charge is 2.26. The van der Waals surface area contributed by atoms with E-state index in [-0.39, 0.29) is 17.8 Å². The molecule has 0 fully saturated rings. The van der Waals surface area contributed by atoms with E-state index >= 15 is 0 Å². The fourth-order valence-electron chi connectivity index (χ4n) is 1.48. The lowest BCUT2D eigenvalue weighted by atomic mass is 9.90. The van der Waals surface area contributed by atoms with Crippen molar-refractivity contribution < 1.29 is 13.9 Å². The first kappa shape index (κ1) is 10.8. The Kier molecular flexibility index (Phi) is 3.74. The molecule has 0 amide bonds. The van der Waals surface area contributed by atoms with Crippen LogP contribution in [0.5, 0.6) is 0 Å². The second kappa shape index (κ2) is 4.84. The molecule has 1 rings (SSSR count). The zero-order valence-corrected chi connectivity index (χ0v) is 8.82. The fourth-order valence-corrected chi connectivity index (χ4v) is 1.48. The number of carbonyl (C=O) groups excluding carboxylic acids is 1. The van der Waals surface area contributed by atoms with Gasteiger partial charge in [0.1, 0.15) is 0 Å². The maximum Gasteiger partial charge on any atom is 0.313 e. The molecule has 1 aromatic rings. The van der Waals surface area contributed by atoms with E-state index in [2.05, 4.69) is 0 Å². The van der Waals surface area contributed by atoms with E-state index in [1.807, 2.05) is 26.8 Å². The summed E-state index contributed by atoms with van der Waals surface area (Å²) in [7, 11) is 0. The maximum atomic E-state index is 11.6. The minimum atomic E-state index is -0.214. The van der Waals surface area contributed by atoms with Crippen molar-refractivity contribution in [3.8, 4) is 0 Å². The topological polar surface area (TPSA) is 39.4 Å². The Morgan fingerprint density at radius 2 is 2.29 bits per heavy atom. The fraction of sp³-hybridized carbons (Fsp3) is 0.545. The second-order valence-corrected chi connectivity index (χ2v) is 3.53. The van der Waals surface area contributed by atoms with Gasteiger partial charge in [-0.1, -0.05) is 13.8 Å². The normalized spacial score (nSPS) is 12.9. The highest BCUT2D eigenvalue weighted by Crippen LogP contribution is 2.26. The van der Waals surface area contributed by atoms with Gasteiger partial charge >= 0.3 is 5.97 Å². The molecular weight excluding hydrogens is 180 g/mol. The Morgan fingerprint density at radius 1 is 1.57 bits per heavy atom. The van der Waals surface area contributed by atoms with Crippen LogP contribution in [0.4, 0.5) is 0 Å². The van der Waals surface area contributed by atoms with Crippen LogP contribution in [0.25, 0.3) is 0 Å². The summed E-state index contributed by atoms with van der Waals surface area (Å²) in [6, 6.07) is 1.81. The number of carbonyl (C=O) groups is 1. The van der Waals surface area contributed by atoms with Crippen LogP contribution in [0.1, 0.15) is 32.3 Å². The molecule has 0 saturated heterocycles. The van der Waals surface area contributed by atoms with Gasteiger partial charge in [0.05, 0.1) is 25.1 Å². The molecule has 14 heavy (non-hydrogen) atoms. The predicted molar refractivity (Wildman–Crippen MR) is 52.9 cm³/mol.